The minimum Gasteiger partial charge on any atom is -0.390 e. The molecular formula is C8H16FO6P. The monoisotopic (exact) mass is 258 g/mol. The maximum absolute atomic E-state index is 13.5. The molecule has 0 spiro atoms. The maximum Gasteiger partial charge on any atom is 0.164 e. The summed E-state index contributed by atoms with van der Waals surface area (Å²) in [6.45, 7) is 0. The lowest BCUT2D eigenvalue weighted by molar-refractivity contribution is -0.187. The lowest BCUT2D eigenvalue weighted by Gasteiger charge is -2.40. The summed E-state index contributed by atoms with van der Waals surface area (Å²) < 4.78 is 13.5. The highest BCUT2D eigenvalue weighted by molar-refractivity contribution is 7.45. The Morgan fingerprint density at radius 3 is 1.88 bits per heavy atom. The van der Waals surface area contributed by atoms with Crippen LogP contribution in [0, 0.1) is 5.92 Å². The third-order valence-electron chi connectivity index (χ3n) is 2.89. The van der Waals surface area contributed by atoms with E-state index in [4.69, 9.17) is 9.79 Å². The van der Waals surface area contributed by atoms with Gasteiger partial charge >= 0.3 is 0 Å². The fourth-order valence-corrected chi connectivity index (χ4v) is 2.41. The highest BCUT2D eigenvalue weighted by Crippen LogP contribution is 2.34. The van der Waals surface area contributed by atoms with E-state index in [0.29, 0.717) is 0 Å². The molecule has 1 saturated carbocycles. The molecule has 6 nitrogen and oxygen atoms in total. The van der Waals surface area contributed by atoms with Gasteiger partial charge in [-0.3, -0.25) is 0 Å². The van der Waals surface area contributed by atoms with Gasteiger partial charge in [0.1, 0.15) is 24.5 Å². The standard InChI is InChI=1S/C8H16FO6P/c9-4-3(1-2-16(14)15)5(10)7(12)8(13)6(4)11/h3-8,10-15H,1-2H2/t3?,4?,5-,6+,7?,8?/m1/s1. The van der Waals surface area contributed by atoms with Crippen LogP contribution in [0.3, 0.4) is 0 Å². The molecular weight excluding hydrogens is 242 g/mol. The van der Waals surface area contributed by atoms with Crippen molar-refractivity contribution >= 4 is 8.38 Å². The summed E-state index contributed by atoms with van der Waals surface area (Å²) in [5.41, 5.74) is 0. The first-order valence-electron chi connectivity index (χ1n) is 4.88. The van der Waals surface area contributed by atoms with Crippen molar-refractivity contribution in [3.63, 3.8) is 0 Å². The SMILES string of the molecule is OC1C(O)[C@H](O)C(CCP(O)O)C(F)[C@@H]1O. The van der Waals surface area contributed by atoms with Crippen molar-refractivity contribution in [1.29, 1.82) is 0 Å². The van der Waals surface area contributed by atoms with Gasteiger partial charge < -0.3 is 30.2 Å². The van der Waals surface area contributed by atoms with Crippen molar-refractivity contribution in [2.75, 3.05) is 6.16 Å². The zero-order valence-electron chi connectivity index (χ0n) is 8.39. The Balaban J connectivity index is 2.67. The summed E-state index contributed by atoms with van der Waals surface area (Å²) in [5.74, 6) is -1.11. The Morgan fingerprint density at radius 1 is 0.875 bits per heavy atom. The molecule has 1 rings (SSSR count). The minimum atomic E-state index is -2.21. The van der Waals surface area contributed by atoms with Crippen LogP contribution in [0.2, 0.25) is 0 Å². The zero-order valence-corrected chi connectivity index (χ0v) is 9.28. The molecule has 0 amide bonds. The Bertz CT molecular complexity index is 215. The van der Waals surface area contributed by atoms with Gasteiger partial charge in [0, 0.05) is 12.1 Å². The molecule has 0 aromatic rings. The highest BCUT2D eigenvalue weighted by Gasteiger charge is 2.48. The second-order valence-corrected chi connectivity index (χ2v) is 5.15. The molecule has 8 heteroatoms. The van der Waals surface area contributed by atoms with Crippen LogP contribution >= 0.6 is 8.38 Å². The average Bonchev–Trinajstić information content (AvgIpc) is 2.23. The van der Waals surface area contributed by atoms with E-state index in [1.807, 2.05) is 0 Å². The Morgan fingerprint density at radius 2 is 1.38 bits per heavy atom. The van der Waals surface area contributed by atoms with Crippen LogP contribution in [-0.4, -0.2) is 67.0 Å². The van der Waals surface area contributed by atoms with Crippen molar-refractivity contribution < 1.29 is 34.6 Å². The van der Waals surface area contributed by atoms with Gasteiger partial charge in [-0.1, -0.05) is 0 Å². The van der Waals surface area contributed by atoms with Gasteiger partial charge in [-0.05, 0) is 6.42 Å². The van der Waals surface area contributed by atoms with Crippen molar-refractivity contribution in [3.05, 3.63) is 0 Å². The van der Waals surface area contributed by atoms with E-state index in [0.717, 1.165) is 0 Å². The van der Waals surface area contributed by atoms with Gasteiger partial charge in [-0.15, -0.1) is 0 Å². The number of rotatable bonds is 3. The third kappa shape index (κ3) is 2.87. The van der Waals surface area contributed by atoms with Crippen molar-refractivity contribution in [2.45, 2.75) is 37.0 Å². The van der Waals surface area contributed by atoms with E-state index in [-0.39, 0.29) is 12.6 Å². The predicted molar refractivity (Wildman–Crippen MR) is 53.3 cm³/mol. The molecule has 0 saturated heterocycles. The van der Waals surface area contributed by atoms with Crippen LogP contribution in [0.1, 0.15) is 6.42 Å². The van der Waals surface area contributed by atoms with Gasteiger partial charge in [-0.25, -0.2) is 4.39 Å². The summed E-state index contributed by atoms with van der Waals surface area (Å²) >= 11 is 0. The maximum atomic E-state index is 13.5. The molecule has 1 aliphatic carbocycles. The molecule has 1 aliphatic rings. The van der Waals surface area contributed by atoms with Crippen LogP contribution in [0.15, 0.2) is 0 Å². The first-order chi connectivity index (χ1) is 7.36. The number of alkyl halides is 1. The van der Waals surface area contributed by atoms with Crippen LogP contribution in [0.5, 0.6) is 0 Å². The molecule has 6 N–H and O–H groups in total. The van der Waals surface area contributed by atoms with E-state index in [1.54, 1.807) is 0 Å². The smallest absolute Gasteiger partial charge is 0.164 e. The lowest BCUT2D eigenvalue weighted by atomic mass is 9.78. The van der Waals surface area contributed by atoms with Crippen LogP contribution in [0.25, 0.3) is 0 Å². The number of aliphatic hydroxyl groups excluding tert-OH is 4. The van der Waals surface area contributed by atoms with Crippen molar-refractivity contribution in [2.24, 2.45) is 5.92 Å². The van der Waals surface area contributed by atoms with Crippen LogP contribution in [0.4, 0.5) is 4.39 Å². The third-order valence-corrected chi connectivity index (χ3v) is 3.54. The normalized spacial score (nSPS) is 45.0. The van der Waals surface area contributed by atoms with Crippen molar-refractivity contribution in [1.82, 2.24) is 0 Å². The number of hydrogen-bond acceptors (Lipinski definition) is 6. The first-order valence-corrected chi connectivity index (χ1v) is 6.31. The number of hydrogen-bond donors (Lipinski definition) is 6. The molecule has 96 valence electrons. The van der Waals surface area contributed by atoms with Crippen LogP contribution in [-0.2, 0) is 0 Å². The minimum absolute atomic E-state index is 0.0815. The number of aliphatic hydroxyl groups is 4. The van der Waals surface area contributed by atoms with Gasteiger partial charge in [0.05, 0.1) is 6.10 Å². The van der Waals surface area contributed by atoms with Gasteiger partial charge in [0.25, 0.3) is 0 Å². The lowest BCUT2D eigenvalue weighted by Crippen LogP contribution is -2.59. The molecule has 0 aliphatic heterocycles. The predicted octanol–water partition coefficient (Wildman–Crippen LogP) is -1.92. The summed E-state index contributed by atoms with van der Waals surface area (Å²) in [5, 5.41) is 37.3. The fourth-order valence-electron chi connectivity index (χ4n) is 1.88. The summed E-state index contributed by atoms with van der Waals surface area (Å²) in [6.07, 6.45) is -8.75. The topological polar surface area (TPSA) is 121 Å². The first kappa shape index (κ1) is 14.2. The Labute approximate surface area is 92.9 Å². The molecule has 0 aromatic heterocycles. The second-order valence-electron chi connectivity index (χ2n) is 3.96. The van der Waals surface area contributed by atoms with Gasteiger partial charge in [0.15, 0.2) is 8.38 Å². The molecule has 0 bridgehead atoms. The van der Waals surface area contributed by atoms with E-state index < -0.39 is 44.9 Å². The summed E-state index contributed by atoms with van der Waals surface area (Å²) in [6, 6.07) is 0. The molecule has 4 unspecified atom stereocenters. The molecule has 0 heterocycles. The van der Waals surface area contributed by atoms with Crippen molar-refractivity contribution in [3.8, 4) is 0 Å². The summed E-state index contributed by atoms with van der Waals surface area (Å²) in [4.78, 5) is 17.4. The molecule has 0 aromatic carbocycles. The molecule has 16 heavy (non-hydrogen) atoms. The molecule has 6 atom stereocenters. The Hall–Kier alpha value is 0.120. The van der Waals surface area contributed by atoms with Gasteiger partial charge in [-0.2, -0.15) is 0 Å². The highest BCUT2D eigenvalue weighted by atomic mass is 31.2. The van der Waals surface area contributed by atoms with Gasteiger partial charge in [0.2, 0.25) is 0 Å². The van der Waals surface area contributed by atoms with Crippen LogP contribution < -0.4 is 0 Å². The van der Waals surface area contributed by atoms with E-state index in [2.05, 4.69) is 0 Å². The van der Waals surface area contributed by atoms with E-state index in [1.165, 1.54) is 0 Å². The number of halogens is 1. The average molecular weight is 258 g/mol. The van der Waals surface area contributed by atoms with E-state index >= 15 is 0 Å². The fraction of sp³-hybridized carbons (Fsp3) is 1.00. The molecule has 1 fully saturated rings. The zero-order chi connectivity index (χ0) is 12.5. The largest absolute Gasteiger partial charge is 0.390 e. The Kier molecular flexibility index (Phi) is 5.00. The quantitative estimate of drug-likeness (QED) is 0.328. The second kappa shape index (κ2) is 5.64. The van der Waals surface area contributed by atoms with E-state index in [9.17, 15) is 24.8 Å². The molecule has 0 radical (unpaired) electrons. The summed E-state index contributed by atoms with van der Waals surface area (Å²) in [7, 11) is -2.21.